The SMILES string of the molecule is COC(=O)C1=C(C(=O)OC)N(c2ccc(-c3ccc(CO)o3)c(OC)c2)COC1. The number of furan rings is 1. The van der Waals surface area contributed by atoms with Crippen LogP contribution in [-0.4, -0.2) is 51.7 Å². The maximum atomic E-state index is 12.4. The van der Waals surface area contributed by atoms with Crippen LogP contribution in [0, 0.1) is 0 Å². The van der Waals surface area contributed by atoms with Crippen molar-refractivity contribution in [3.8, 4) is 17.1 Å². The summed E-state index contributed by atoms with van der Waals surface area (Å²) in [5, 5.41) is 9.20. The molecule has 1 aliphatic rings. The number of carbonyl (C=O) groups is 2. The van der Waals surface area contributed by atoms with E-state index >= 15 is 0 Å². The molecule has 1 aromatic carbocycles. The van der Waals surface area contributed by atoms with Gasteiger partial charge in [-0.15, -0.1) is 0 Å². The van der Waals surface area contributed by atoms with Gasteiger partial charge < -0.3 is 33.4 Å². The third kappa shape index (κ3) is 3.96. The number of anilines is 1. The molecule has 1 N–H and O–H groups in total. The van der Waals surface area contributed by atoms with Crippen LogP contribution in [0.5, 0.6) is 5.75 Å². The number of rotatable bonds is 6. The molecule has 0 atom stereocenters. The average molecular weight is 403 g/mol. The van der Waals surface area contributed by atoms with Gasteiger partial charge in [0.2, 0.25) is 0 Å². The molecule has 2 aromatic rings. The van der Waals surface area contributed by atoms with Crippen LogP contribution in [0.25, 0.3) is 11.3 Å². The van der Waals surface area contributed by atoms with Gasteiger partial charge in [-0.3, -0.25) is 0 Å². The van der Waals surface area contributed by atoms with Crippen molar-refractivity contribution in [2.45, 2.75) is 6.61 Å². The lowest BCUT2D eigenvalue weighted by Gasteiger charge is -2.31. The van der Waals surface area contributed by atoms with Gasteiger partial charge in [0.05, 0.1) is 39.1 Å². The summed E-state index contributed by atoms with van der Waals surface area (Å²) in [6.07, 6.45) is 0. The predicted molar refractivity (Wildman–Crippen MR) is 101 cm³/mol. The lowest BCUT2D eigenvalue weighted by Crippen LogP contribution is -2.38. The van der Waals surface area contributed by atoms with E-state index < -0.39 is 11.9 Å². The summed E-state index contributed by atoms with van der Waals surface area (Å²) in [7, 11) is 3.96. The molecule has 1 aliphatic heterocycles. The van der Waals surface area contributed by atoms with Crippen LogP contribution < -0.4 is 9.64 Å². The van der Waals surface area contributed by atoms with Crippen LogP contribution in [0.1, 0.15) is 5.76 Å². The smallest absolute Gasteiger partial charge is 0.355 e. The van der Waals surface area contributed by atoms with E-state index in [0.29, 0.717) is 28.5 Å². The maximum absolute atomic E-state index is 12.4. The summed E-state index contributed by atoms with van der Waals surface area (Å²) in [5.41, 5.74) is 1.31. The molecule has 9 heteroatoms. The number of hydrogen-bond acceptors (Lipinski definition) is 9. The first-order valence-corrected chi connectivity index (χ1v) is 8.67. The Hall–Kier alpha value is -3.30. The summed E-state index contributed by atoms with van der Waals surface area (Å²) >= 11 is 0. The molecule has 2 heterocycles. The predicted octanol–water partition coefficient (Wildman–Crippen LogP) is 1.84. The lowest BCUT2D eigenvalue weighted by atomic mass is 10.1. The van der Waals surface area contributed by atoms with E-state index in [1.807, 2.05) is 0 Å². The fourth-order valence-electron chi connectivity index (χ4n) is 3.01. The van der Waals surface area contributed by atoms with Crippen LogP contribution in [0.2, 0.25) is 0 Å². The fourth-order valence-corrected chi connectivity index (χ4v) is 3.01. The number of aliphatic hydroxyl groups is 1. The van der Waals surface area contributed by atoms with Gasteiger partial charge in [0.1, 0.15) is 36.3 Å². The van der Waals surface area contributed by atoms with Crippen LogP contribution in [0.15, 0.2) is 46.0 Å². The van der Waals surface area contributed by atoms with Crippen molar-refractivity contribution in [2.75, 3.05) is 39.6 Å². The highest BCUT2D eigenvalue weighted by atomic mass is 16.5. The molecule has 0 fully saturated rings. The molecule has 29 heavy (non-hydrogen) atoms. The number of benzene rings is 1. The molecule has 0 saturated carbocycles. The van der Waals surface area contributed by atoms with E-state index in [2.05, 4.69) is 0 Å². The Kier molecular flexibility index (Phi) is 6.20. The topological polar surface area (TPSA) is 108 Å². The normalized spacial score (nSPS) is 14.0. The Labute approximate surface area is 167 Å². The number of aliphatic hydroxyl groups excluding tert-OH is 1. The third-order valence-electron chi connectivity index (χ3n) is 4.41. The number of carbonyl (C=O) groups excluding carboxylic acids is 2. The monoisotopic (exact) mass is 403 g/mol. The average Bonchev–Trinajstić information content (AvgIpc) is 3.26. The van der Waals surface area contributed by atoms with Gasteiger partial charge in [-0.25, -0.2) is 9.59 Å². The van der Waals surface area contributed by atoms with Gasteiger partial charge in [0.25, 0.3) is 0 Å². The quantitative estimate of drug-likeness (QED) is 0.723. The van der Waals surface area contributed by atoms with E-state index in [9.17, 15) is 14.7 Å². The minimum atomic E-state index is -0.685. The first-order valence-electron chi connectivity index (χ1n) is 8.67. The van der Waals surface area contributed by atoms with E-state index in [-0.39, 0.29) is 31.2 Å². The Bertz CT molecular complexity index is 946. The van der Waals surface area contributed by atoms with Gasteiger partial charge in [-0.1, -0.05) is 0 Å². The minimum absolute atomic E-state index is 0.0306. The van der Waals surface area contributed by atoms with Crippen molar-refractivity contribution in [3.05, 3.63) is 47.4 Å². The van der Waals surface area contributed by atoms with Crippen LogP contribution >= 0.6 is 0 Å². The Morgan fingerprint density at radius 1 is 1.10 bits per heavy atom. The van der Waals surface area contributed by atoms with E-state index in [1.54, 1.807) is 30.3 Å². The van der Waals surface area contributed by atoms with Crippen LogP contribution in [-0.2, 0) is 30.4 Å². The molecule has 0 radical (unpaired) electrons. The summed E-state index contributed by atoms with van der Waals surface area (Å²) in [4.78, 5) is 26.0. The Morgan fingerprint density at radius 2 is 1.86 bits per heavy atom. The van der Waals surface area contributed by atoms with E-state index in [4.69, 9.17) is 23.4 Å². The van der Waals surface area contributed by atoms with Crippen molar-refractivity contribution < 1.29 is 38.1 Å². The third-order valence-corrected chi connectivity index (χ3v) is 4.41. The summed E-state index contributed by atoms with van der Waals surface area (Å²) in [5.74, 6) is 0.0532. The second kappa shape index (κ2) is 8.80. The standard InChI is InChI=1S/C20H21NO8/c1-25-17-8-12(4-6-14(17)16-7-5-13(9-22)29-16)21-11-28-10-15(19(23)26-2)18(21)20(24)27-3/h4-8,22H,9-11H2,1-3H3. The van der Waals surface area contributed by atoms with E-state index in [0.717, 1.165) is 0 Å². The molecule has 0 saturated heterocycles. The number of nitrogens with zero attached hydrogens (tertiary/aromatic N) is 1. The number of hydrogen-bond donors (Lipinski definition) is 1. The molecule has 1 aromatic heterocycles. The highest BCUT2D eigenvalue weighted by molar-refractivity contribution is 6.03. The number of ether oxygens (including phenoxy) is 4. The van der Waals surface area contributed by atoms with Crippen molar-refractivity contribution in [1.82, 2.24) is 0 Å². The molecule has 154 valence electrons. The molecule has 0 spiro atoms. The van der Waals surface area contributed by atoms with Crippen molar-refractivity contribution in [3.63, 3.8) is 0 Å². The van der Waals surface area contributed by atoms with Gasteiger partial charge >= 0.3 is 11.9 Å². The molecular weight excluding hydrogens is 382 g/mol. The van der Waals surface area contributed by atoms with Crippen molar-refractivity contribution >= 4 is 17.6 Å². The highest BCUT2D eigenvalue weighted by Crippen LogP contribution is 2.36. The zero-order valence-electron chi connectivity index (χ0n) is 16.3. The second-order valence-corrected chi connectivity index (χ2v) is 6.02. The summed E-state index contributed by atoms with van der Waals surface area (Å²) in [6.45, 7) is -0.253. The van der Waals surface area contributed by atoms with Gasteiger partial charge in [0, 0.05) is 11.8 Å². The molecule has 0 amide bonds. The van der Waals surface area contributed by atoms with Gasteiger partial charge in [-0.2, -0.15) is 0 Å². The fraction of sp³-hybridized carbons (Fsp3) is 0.300. The molecule has 0 aliphatic carbocycles. The number of esters is 2. The highest BCUT2D eigenvalue weighted by Gasteiger charge is 2.32. The largest absolute Gasteiger partial charge is 0.496 e. The minimum Gasteiger partial charge on any atom is -0.496 e. The van der Waals surface area contributed by atoms with Crippen LogP contribution in [0.4, 0.5) is 5.69 Å². The van der Waals surface area contributed by atoms with Crippen molar-refractivity contribution in [2.24, 2.45) is 0 Å². The van der Waals surface area contributed by atoms with Crippen LogP contribution in [0.3, 0.4) is 0 Å². The lowest BCUT2D eigenvalue weighted by molar-refractivity contribution is -0.140. The van der Waals surface area contributed by atoms with E-state index in [1.165, 1.54) is 26.2 Å². The maximum Gasteiger partial charge on any atom is 0.355 e. The molecule has 0 unspecified atom stereocenters. The molecule has 0 bridgehead atoms. The van der Waals surface area contributed by atoms with Gasteiger partial charge in [-0.05, 0) is 24.3 Å². The summed E-state index contributed by atoms with van der Waals surface area (Å²) < 4.78 is 26.2. The molecular formula is C20H21NO8. The zero-order chi connectivity index (χ0) is 21.0. The second-order valence-electron chi connectivity index (χ2n) is 6.02. The molecule has 3 rings (SSSR count). The molecule has 9 nitrogen and oxygen atoms in total. The van der Waals surface area contributed by atoms with Crippen molar-refractivity contribution in [1.29, 1.82) is 0 Å². The number of methoxy groups -OCH3 is 3. The van der Waals surface area contributed by atoms with Gasteiger partial charge in [0.15, 0.2) is 0 Å². The summed E-state index contributed by atoms with van der Waals surface area (Å²) in [6, 6.07) is 8.55. The zero-order valence-corrected chi connectivity index (χ0v) is 16.3. The first-order chi connectivity index (χ1) is 14.0. The first kappa shape index (κ1) is 20.4. The Balaban J connectivity index is 2.06. The Morgan fingerprint density at radius 3 is 2.48 bits per heavy atom.